The van der Waals surface area contributed by atoms with Crippen LogP contribution >= 0.6 is 0 Å². The normalized spacial score (nSPS) is 17.5. The summed E-state index contributed by atoms with van der Waals surface area (Å²) < 4.78 is 0. The minimum Gasteiger partial charge on any atom is -0.399 e. The van der Waals surface area contributed by atoms with E-state index in [0.717, 1.165) is 31.6 Å². The molecule has 0 aliphatic carbocycles. The number of benzene rings is 1. The molecule has 0 radical (unpaired) electrons. The van der Waals surface area contributed by atoms with Crippen LogP contribution in [-0.4, -0.2) is 17.5 Å². The van der Waals surface area contributed by atoms with Gasteiger partial charge in [0.1, 0.15) is 0 Å². The molecule has 0 fully saturated rings. The minimum atomic E-state index is 0.0366. The van der Waals surface area contributed by atoms with Crippen molar-refractivity contribution in [2.24, 2.45) is 0 Å². The van der Waals surface area contributed by atoms with Crippen molar-refractivity contribution < 1.29 is 0 Å². The van der Waals surface area contributed by atoms with E-state index in [-0.39, 0.29) is 6.04 Å². The molecule has 84 valence electrons. The number of hydrogen-bond acceptors (Lipinski definition) is 3. The highest BCUT2D eigenvalue weighted by atomic mass is 15.2. The highest BCUT2D eigenvalue weighted by Gasteiger charge is 2.21. The van der Waals surface area contributed by atoms with Crippen molar-refractivity contribution in [3.8, 4) is 6.07 Å². The van der Waals surface area contributed by atoms with Gasteiger partial charge in [-0.25, -0.2) is 0 Å². The van der Waals surface area contributed by atoms with Gasteiger partial charge in [-0.2, -0.15) is 5.26 Å². The molecule has 0 saturated carbocycles. The Hall–Kier alpha value is -1.53. The molecule has 2 rings (SSSR count). The summed E-state index contributed by atoms with van der Waals surface area (Å²) in [6.45, 7) is 3.89. The summed E-state index contributed by atoms with van der Waals surface area (Å²) in [6, 6.07) is 8.49. The molecule has 2 N–H and O–H groups in total. The Balaban J connectivity index is 2.20. The molecular weight excluding hydrogens is 198 g/mol. The van der Waals surface area contributed by atoms with E-state index in [9.17, 15) is 0 Å². The molecule has 0 bridgehead atoms. The fourth-order valence-corrected chi connectivity index (χ4v) is 2.30. The third-order valence-electron chi connectivity index (χ3n) is 3.25. The maximum atomic E-state index is 9.06. The number of hydrogen-bond donors (Lipinski definition) is 1. The number of nitrogen functional groups attached to an aromatic ring is 1. The zero-order valence-electron chi connectivity index (χ0n) is 9.61. The van der Waals surface area contributed by atoms with Crippen LogP contribution in [0.2, 0.25) is 0 Å². The van der Waals surface area contributed by atoms with Gasteiger partial charge in [-0.05, 0) is 36.1 Å². The lowest BCUT2D eigenvalue weighted by atomic mass is 9.97. The lowest BCUT2D eigenvalue weighted by molar-refractivity contribution is 0.211. The Kier molecular flexibility index (Phi) is 3.12. The van der Waals surface area contributed by atoms with Crippen LogP contribution in [0.5, 0.6) is 0 Å². The standard InChI is InChI=1S/C13H17N3/c1-2-13(8-14)16-6-5-10-3-4-12(15)7-11(10)9-16/h3-4,7,13H,2,5-6,9,15H2,1H3. The van der Waals surface area contributed by atoms with E-state index >= 15 is 0 Å². The van der Waals surface area contributed by atoms with Gasteiger partial charge in [0, 0.05) is 18.8 Å². The molecule has 1 aromatic rings. The van der Waals surface area contributed by atoms with Gasteiger partial charge in [0.15, 0.2) is 0 Å². The number of nitriles is 1. The maximum absolute atomic E-state index is 9.06. The molecule has 3 nitrogen and oxygen atoms in total. The molecule has 16 heavy (non-hydrogen) atoms. The SMILES string of the molecule is CCC(C#N)N1CCc2ccc(N)cc2C1. The number of fused-ring (bicyclic) bond motifs is 1. The monoisotopic (exact) mass is 215 g/mol. The summed E-state index contributed by atoms with van der Waals surface area (Å²) in [5.41, 5.74) is 9.25. The highest BCUT2D eigenvalue weighted by Crippen LogP contribution is 2.23. The molecule has 1 heterocycles. The summed E-state index contributed by atoms with van der Waals surface area (Å²) in [7, 11) is 0. The fraction of sp³-hybridized carbons (Fsp3) is 0.462. The first-order chi connectivity index (χ1) is 7.74. The topological polar surface area (TPSA) is 53.0 Å². The lowest BCUT2D eigenvalue weighted by Crippen LogP contribution is -2.38. The third kappa shape index (κ3) is 2.02. The summed E-state index contributed by atoms with van der Waals surface area (Å²) in [6.07, 6.45) is 1.90. The van der Waals surface area contributed by atoms with Gasteiger partial charge in [-0.1, -0.05) is 13.0 Å². The van der Waals surface area contributed by atoms with Crippen LogP contribution < -0.4 is 5.73 Å². The molecule has 0 aromatic heterocycles. The summed E-state index contributed by atoms with van der Waals surface area (Å²) in [5, 5.41) is 9.06. The quantitative estimate of drug-likeness (QED) is 0.767. The van der Waals surface area contributed by atoms with Crippen molar-refractivity contribution in [1.82, 2.24) is 4.90 Å². The third-order valence-corrected chi connectivity index (χ3v) is 3.25. The van der Waals surface area contributed by atoms with E-state index in [1.54, 1.807) is 0 Å². The second kappa shape index (κ2) is 4.54. The second-order valence-electron chi connectivity index (χ2n) is 4.30. The highest BCUT2D eigenvalue weighted by molar-refractivity contribution is 5.45. The largest absolute Gasteiger partial charge is 0.399 e. The van der Waals surface area contributed by atoms with Gasteiger partial charge >= 0.3 is 0 Å². The fourth-order valence-electron chi connectivity index (χ4n) is 2.30. The van der Waals surface area contributed by atoms with Crippen LogP contribution in [-0.2, 0) is 13.0 Å². The summed E-state index contributed by atoms with van der Waals surface area (Å²) in [4.78, 5) is 2.24. The first-order valence-electron chi connectivity index (χ1n) is 5.75. The van der Waals surface area contributed by atoms with Crippen molar-refractivity contribution in [2.45, 2.75) is 32.4 Å². The van der Waals surface area contributed by atoms with Crippen molar-refractivity contribution >= 4 is 5.69 Å². The van der Waals surface area contributed by atoms with E-state index in [4.69, 9.17) is 11.0 Å². The average molecular weight is 215 g/mol. The van der Waals surface area contributed by atoms with E-state index in [1.807, 2.05) is 12.1 Å². The van der Waals surface area contributed by atoms with Gasteiger partial charge in [-0.15, -0.1) is 0 Å². The maximum Gasteiger partial charge on any atom is 0.0978 e. The predicted molar refractivity (Wildman–Crippen MR) is 64.7 cm³/mol. The lowest BCUT2D eigenvalue weighted by Gasteiger charge is -2.31. The molecule has 1 aliphatic rings. The van der Waals surface area contributed by atoms with Crippen molar-refractivity contribution in [3.05, 3.63) is 29.3 Å². The van der Waals surface area contributed by atoms with Crippen LogP contribution in [0.3, 0.4) is 0 Å². The van der Waals surface area contributed by atoms with E-state index in [1.165, 1.54) is 11.1 Å². The van der Waals surface area contributed by atoms with Gasteiger partial charge in [0.25, 0.3) is 0 Å². The molecule has 3 heteroatoms. The van der Waals surface area contributed by atoms with Gasteiger partial charge in [-0.3, -0.25) is 4.90 Å². The Bertz CT molecular complexity index is 420. The van der Waals surface area contributed by atoms with Crippen molar-refractivity contribution in [1.29, 1.82) is 5.26 Å². The Morgan fingerprint density at radius 1 is 1.50 bits per heavy atom. The molecular formula is C13H17N3. The molecule has 0 spiro atoms. The first kappa shape index (κ1) is 11.0. The molecule has 1 unspecified atom stereocenters. The van der Waals surface area contributed by atoms with Crippen LogP contribution in [0.4, 0.5) is 5.69 Å². The van der Waals surface area contributed by atoms with Crippen LogP contribution in [0.25, 0.3) is 0 Å². The van der Waals surface area contributed by atoms with E-state index in [0.29, 0.717) is 0 Å². The zero-order valence-corrected chi connectivity index (χ0v) is 9.61. The van der Waals surface area contributed by atoms with Crippen LogP contribution in [0.15, 0.2) is 18.2 Å². The van der Waals surface area contributed by atoms with Crippen molar-refractivity contribution in [2.75, 3.05) is 12.3 Å². The second-order valence-corrected chi connectivity index (χ2v) is 4.30. The number of rotatable bonds is 2. The smallest absolute Gasteiger partial charge is 0.0978 e. The number of nitrogens with zero attached hydrogens (tertiary/aromatic N) is 2. The molecule has 1 aliphatic heterocycles. The molecule has 1 atom stereocenters. The molecule has 1 aromatic carbocycles. The van der Waals surface area contributed by atoms with Gasteiger partial charge in [0.2, 0.25) is 0 Å². The average Bonchev–Trinajstić information content (AvgIpc) is 2.30. The number of nitrogens with two attached hydrogens (primary N) is 1. The van der Waals surface area contributed by atoms with Gasteiger partial charge in [0.05, 0.1) is 12.1 Å². The Morgan fingerprint density at radius 2 is 2.31 bits per heavy atom. The predicted octanol–water partition coefficient (Wildman–Crippen LogP) is 1.93. The van der Waals surface area contributed by atoms with Gasteiger partial charge < -0.3 is 5.73 Å². The van der Waals surface area contributed by atoms with Crippen LogP contribution in [0.1, 0.15) is 24.5 Å². The van der Waals surface area contributed by atoms with E-state index < -0.39 is 0 Å². The first-order valence-corrected chi connectivity index (χ1v) is 5.75. The van der Waals surface area contributed by atoms with Crippen LogP contribution in [0, 0.1) is 11.3 Å². The molecule has 0 saturated heterocycles. The summed E-state index contributed by atoms with van der Waals surface area (Å²) >= 11 is 0. The Morgan fingerprint density at radius 3 is 3.00 bits per heavy atom. The van der Waals surface area contributed by atoms with E-state index in [2.05, 4.69) is 24.0 Å². The number of anilines is 1. The Labute approximate surface area is 96.5 Å². The minimum absolute atomic E-state index is 0.0366. The van der Waals surface area contributed by atoms with Crippen molar-refractivity contribution in [3.63, 3.8) is 0 Å². The molecule has 0 amide bonds. The zero-order chi connectivity index (χ0) is 11.5. The summed E-state index contributed by atoms with van der Waals surface area (Å²) in [5.74, 6) is 0.